The molecule has 0 aliphatic heterocycles. The summed E-state index contributed by atoms with van der Waals surface area (Å²) in [5, 5.41) is 11.8. The van der Waals surface area contributed by atoms with Gasteiger partial charge in [-0.1, -0.05) is 11.6 Å². The summed E-state index contributed by atoms with van der Waals surface area (Å²) in [7, 11) is 0. The van der Waals surface area contributed by atoms with Crippen molar-refractivity contribution in [2.75, 3.05) is 0 Å². The largest absolute Gasteiger partial charge is 0.365 e. The molecule has 1 amide bonds. The number of nitro groups is 1. The van der Waals surface area contributed by atoms with Crippen molar-refractivity contribution in [1.29, 1.82) is 0 Å². The molecule has 0 fully saturated rings. The average molecular weight is 364 g/mol. The van der Waals surface area contributed by atoms with Gasteiger partial charge in [0.1, 0.15) is 5.00 Å². The number of aryl methyl sites for hydroxylation is 1. The summed E-state index contributed by atoms with van der Waals surface area (Å²) in [6.45, 7) is 0. The number of fused-ring (bicyclic) bond motifs is 1. The summed E-state index contributed by atoms with van der Waals surface area (Å²) in [5.41, 5.74) is 7.34. The van der Waals surface area contributed by atoms with E-state index in [2.05, 4.69) is 4.99 Å². The summed E-state index contributed by atoms with van der Waals surface area (Å²) >= 11 is 7.52. The number of halogens is 1. The van der Waals surface area contributed by atoms with Crippen LogP contribution in [0.1, 0.15) is 39.2 Å². The zero-order valence-electron chi connectivity index (χ0n) is 12.6. The Hall–Kier alpha value is -2.25. The van der Waals surface area contributed by atoms with Crippen molar-refractivity contribution in [2.24, 2.45) is 10.7 Å². The quantitative estimate of drug-likeness (QED) is 0.504. The maximum Gasteiger partial charge on any atom is 0.270 e. The molecule has 0 saturated carbocycles. The molecule has 0 unspecified atom stereocenters. The topological polar surface area (TPSA) is 98.6 Å². The number of hydrogen-bond acceptors (Lipinski definition) is 5. The van der Waals surface area contributed by atoms with Crippen molar-refractivity contribution in [3.63, 3.8) is 0 Å². The third kappa shape index (κ3) is 3.18. The van der Waals surface area contributed by atoms with E-state index in [9.17, 15) is 14.9 Å². The molecule has 0 spiro atoms. The van der Waals surface area contributed by atoms with E-state index in [0.29, 0.717) is 21.2 Å². The molecule has 1 aliphatic rings. The fraction of sp³-hybridized carbons (Fsp3) is 0.250. The standard InChI is InChI=1S/C16H14ClN3O3S/c17-12-6-5-10(20(22)23)7-9(12)8-19-16-14(15(18)21)11-3-1-2-4-13(11)24-16/h5-8H,1-4H2,(H2,18,21). The Bertz CT molecular complexity index is 860. The molecule has 1 aromatic heterocycles. The number of carbonyl (C=O) groups excluding carboxylic acids is 1. The molecule has 1 aliphatic carbocycles. The van der Waals surface area contributed by atoms with Gasteiger partial charge >= 0.3 is 0 Å². The molecule has 8 heteroatoms. The van der Waals surface area contributed by atoms with Crippen LogP contribution in [0.2, 0.25) is 5.02 Å². The molecule has 2 N–H and O–H groups in total. The smallest absolute Gasteiger partial charge is 0.270 e. The predicted molar refractivity (Wildman–Crippen MR) is 94.8 cm³/mol. The SMILES string of the molecule is NC(=O)c1c(N=Cc2cc([N+](=O)[O-])ccc2Cl)sc2c1CCCC2. The number of aliphatic imine (C=N–C) groups is 1. The summed E-state index contributed by atoms with van der Waals surface area (Å²) in [6.07, 6.45) is 5.32. The molecule has 1 heterocycles. The Kier molecular flexibility index (Phi) is 4.64. The molecule has 3 rings (SSSR count). The van der Waals surface area contributed by atoms with Crippen LogP contribution in [0.4, 0.5) is 10.7 Å². The van der Waals surface area contributed by atoms with Gasteiger partial charge in [-0.05, 0) is 37.3 Å². The maximum absolute atomic E-state index is 11.8. The normalized spacial score (nSPS) is 13.9. The van der Waals surface area contributed by atoms with E-state index in [4.69, 9.17) is 17.3 Å². The lowest BCUT2D eigenvalue weighted by Gasteiger charge is -2.10. The molecule has 124 valence electrons. The first-order valence-corrected chi connectivity index (χ1v) is 8.59. The van der Waals surface area contributed by atoms with Crippen molar-refractivity contribution < 1.29 is 9.72 Å². The van der Waals surface area contributed by atoms with Gasteiger partial charge in [0.15, 0.2) is 0 Å². The van der Waals surface area contributed by atoms with Crippen LogP contribution in [-0.4, -0.2) is 17.0 Å². The molecular weight excluding hydrogens is 350 g/mol. The van der Waals surface area contributed by atoms with Crippen molar-refractivity contribution in [1.82, 2.24) is 0 Å². The number of non-ortho nitro benzene ring substituents is 1. The van der Waals surface area contributed by atoms with Gasteiger partial charge < -0.3 is 5.73 Å². The van der Waals surface area contributed by atoms with Crippen molar-refractivity contribution in [3.8, 4) is 0 Å². The van der Waals surface area contributed by atoms with E-state index in [1.807, 2.05) is 0 Å². The third-order valence-corrected chi connectivity index (χ3v) is 5.45. The summed E-state index contributed by atoms with van der Waals surface area (Å²) in [4.78, 5) is 27.7. The molecular formula is C16H14ClN3O3S. The highest BCUT2D eigenvalue weighted by Gasteiger charge is 2.23. The van der Waals surface area contributed by atoms with Gasteiger partial charge in [0.05, 0.1) is 10.5 Å². The monoisotopic (exact) mass is 363 g/mol. The Morgan fingerprint density at radius 2 is 2.12 bits per heavy atom. The predicted octanol–water partition coefficient (Wildman–Crippen LogP) is 4.04. The van der Waals surface area contributed by atoms with Gasteiger partial charge in [-0.25, -0.2) is 4.99 Å². The van der Waals surface area contributed by atoms with Gasteiger partial charge in [-0.15, -0.1) is 11.3 Å². The average Bonchev–Trinajstić information content (AvgIpc) is 2.92. The van der Waals surface area contributed by atoms with Gasteiger partial charge in [-0.3, -0.25) is 14.9 Å². The van der Waals surface area contributed by atoms with Crippen molar-refractivity contribution in [3.05, 3.63) is 54.9 Å². The first-order valence-electron chi connectivity index (χ1n) is 7.39. The summed E-state index contributed by atoms with van der Waals surface area (Å²) < 4.78 is 0. The zero-order valence-corrected chi connectivity index (χ0v) is 14.2. The Balaban J connectivity index is 2.01. The second-order valence-electron chi connectivity index (χ2n) is 5.48. The molecule has 0 saturated heterocycles. The number of benzene rings is 1. The lowest BCUT2D eigenvalue weighted by molar-refractivity contribution is -0.384. The van der Waals surface area contributed by atoms with Crippen LogP contribution in [-0.2, 0) is 12.8 Å². The fourth-order valence-corrected chi connectivity index (χ4v) is 4.17. The molecule has 24 heavy (non-hydrogen) atoms. The molecule has 1 aromatic carbocycles. The minimum atomic E-state index is -0.494. The molecule has 0 radical (unpaired) electrons. The lowest BCUT2D eigenvalue weighted by Crippen LogP contribution is -2.14. The van der Waals surface area contributed by atoms with Crippen molar-refractivity contribution >= 4 is 45.7 Å². The van der Waals surface area contributed by atoms with Gasteiger partial charge in [0.2, 0.25) is 0 Å². The van der Waals surface area contributed by atoms with Crippen LogP contribution >= 0.6 is 22.9 Å². The third-order valence-electron chi connectivity index (χ3n) is 3.91. The molecule has 6 nitrogen and oxygen atoms in total. The first-order chi connectivity index (χ1) is 11.5. The maximum atomic E-state index is 11.8. The van der Waals surface area contributed by atoms with Gasteiger partial charge in [0, 0.05) is 33.8 Å². The number of thiophene rings is 1. The number of amides is 1. The fourth-order valence-electron chi connectivity index (χ4n) is 2.77. The van der Waals surface area contributed by atoms with E-state index >= 15 is 0 Å². The van der Waals surface area contributed by atoms with Crippen LogP contribution in [0, 0.1) is 10.1 Å². The number of hydrogen-bond donors (Lipinski definition) is 1. The highest BCUT2D eigenvalue weighted by Crippen LogP contribution is 2.39. The van der Waals surface area contributed by atoms with E-state index in [1.54, 1.807) is 0 Å². The van der Waals surface area contributed by atoms with Gasteiger partial charge in [-0.2, -0.15) is 0 Å². The molecule has 0 bridgehead atoms. The van der Waals surface area contributed by atoms with Crippen molar-refractivity contribution in [2.45, 2.75) is 25.7 Å². The minimum absolute atomic E-state index is 0.0681. The number of nitro benzene ring substituents is 1. The molecule has 0 atom stereocenters. The van der Waals surface area contributed by atoms with Crippen LogP contribution in [0.15, 0.2) is 23.2 Å². The van der Waals surface area contributed by atoms with E-state index in [-0.39, 0.29) is 5.69 Å². The van der Waals surface area contributed by atoms with E-state index < -0.39 is 10.8 Å². The number of rotatable bonds is 4. The first kappa shape index (κ1) is 16.6. The number of nitrogens with zero attached hydrogens (tertiary/aromatic N) is 2. The zero-order chi connectivity index (χ0) is 17.3. The molecule has 2 aromatic rings. The number of carbonyl (C=O) groups is 1. The Morgan fingerprint density at radius 1 is 1.38 bits per heavy atom. The van der Waals surface area contributed by atoms with Crippen LogP contribution in [0.3, 0.4) is 0 Å². The summed E-state index contributed by atoms with van der Waals surface area (Å²) in [5.74, 6) is -0.494. The number of primary amides is 1. The van der Waals surface area contributed by atoms with Gasteiger partial charge in [0.25, 0.3) is 11.6 Å². The highest BCUT2D eigenvalue weighted by atomic mass is 35.5. The van der Waals surface area contributed by atoms with E-state index in [0.717, 1.165) is 36.1 Å². The van der Waals surface area contributed by atoms with Crippen LogP contribution in [0.25, 0.3) is 0 Å². The highest BCUT2D eigenvalue weighted by molar-refractivity contribution is 7.16. The summed E-state index contributed by atoms with van der Waals surface area (Å²) in [6, 6.07) is 4.14. The second kappa shape index (κ2) is 6.70. The Morgan fingerprint density at radius 3 is 2.83 bits per heavy atom. The minimum Gasteiger partial charge on any atom is -0.365 e. The Labute approximate surface area is 147 Å². The lowest BCUT2D eigenvalue weighted by atomic mass is 9.95. The number of nitrogens with two attached hydrogens (primary N) is 1. The van der Waals surface area contributed by atoms with Crippen LogP contribution in [0.5, 0.6) is 0 Å². The second-order valence-corrected chi connectivity index (χ2v) is 6.97. The van der Waals surface area contributed by atoms with Crippen LogP contribution < -0.4 is 5.73 Å². The van der Waals surface area contributed by atoms with E-state index in [1.165, 1.54) is 35.8 Å².